The highest BCUT2D eigenvalue weighted by Gasteiger charge is 2.03. The molecule has 0 aliphatic rings. The summed E-state index contributed by atoms with van der Waals surface area (Å²) in [6.07, 6.45) is 4.44. The van der Waals surface area contributed by atoms with Crippen molar-refractivity contribution in [3.8, 4) is 0 Å². The Kier molecular flexibility index (Phi) is 8.62. The summed E-state index contributed by atoms with van der Waals surface area (Å²) in [6, 6.07) is -0.411. The summed E-state index contributed by atoms with van der Waals surface area (Å²) in [5, 5.41) is 4.95. The van der Waals surface area contributed by atoms with Gasteiger partial charge in [-0.05, 0) is 6.42 Å². The maximum Gasteiger partial charge on any atom is 0.321 e. The van der Waals surface area contributed by atoms with E-state index in [0.717, 1.165) is 12.8 Å². The van der Waals surface area contributed by atoms with Crippen LogP contribution in [0.2, 0.25) is 0 Å². The fourth-order valence-corrected chi connectivity index (χ4v) is 1.10. The molecule has 0 rings (SSSR count). The van der Waals surface area contributed by atoms with E-state index in [1.54, 1.807) is 0 Å². The van der Waals surface area contributed by atoms with Gasteiger partial charge in [0.05, 0.1) is 5.33 Å². The molecule has 3 amide bonds. The lowest BCUT2D eigenvalue weighted by Crippen LogP contribution is -2.40. The largest absolute Gasteiger partial charge is 0.338 e. The molecule has 2 N–H and O–H groups in total. The van der Waals surface area contributed by atoms with Crippen LogP contribution in [-0.2, 0) is 4.79 Å². The number of hydrogen-bond donors (Lipinski definition) is 2. The zero-order chi connectivity index (χ0) is 10.8. The summed E-state index contributed by atoms with van der Waals surface area (Å²) in [6.45, 7) is 2.76. The molecule has 14 heavy (non-hydrogen) atoms. The van der Waals surface area contributed by atoms with Crippen LogP contribution in [0, 0.1) is 0 Å². The Labute approximate surface area is 92.9 Å². The Morgan fingerprint density at radius 2 is 1.93 bits per heavy atom. The first-order valence-corrected chi connectivity index (χ1v) is 5.96. The minimum atomic E-state index is -0.411. The number of alkyl halides is 1. The van der Waals surface area contributed by atoms with Crippen molar-refractivity contribution < 1.29 is 9.59 Å². The van der Waals surface area contributed by atoms with E-state index in [1.165, 1.54) is 12.8 Å². The maximum absolute atomic E-state index is 11.0. The fraction of sp³-hybridized carbons (Fsp3) is 0.778. The summed E-state index contributed by atoms with van der Waals surface area (Å²) >= 11 is 2.95. The zero-order valence-electron chi connectivity index (χ0n) is 8.44. The number of nitrogens with one attached hydrogen (secondary N) is 2. The highest BCUT2D eigenvalue weighted by molar-refractivity contribution is 9.09. The first-order valence-electron chi connectivity index (χ1n) is 4.84. The molecule has 0 aliphatic carbocycles. The predicted octanol–water partition coefficient (Wildman–Crippen LogP) is 1.79. The van der Waals surface area contributed by atoms with E-state index < -0.39 is 6.03 Å². The van der Waals surface area contributed by atoms with Crippen molar-refractivity contribution in [2.24, 2.45) is 0 Å². The van der Waals surface area contributed by atoms with Gasteiger partial charge in [-0.15, -0.1) is 0 Å². The van der Waals surface area contributed by atoms with Crippen molar-refractivity contribution in [2.75, 3.05) is 11.9 Å². The Hall–Kier alpha value is -0.580. The number of unbranched alkanes of at least 4 members (excludes halogenated alkanes) is 3. The van der Waals surface area contributed by atoms with E-state index in [1.807, 2.05) is 0 Å². The van der Waals surface area contributed by atoms with Gasteiger partial charge in [0.1, 0.15) is 0 Å². The number of carbonyl (C=O) groups is 2. The maximum atomic E-state index is 11.0. The molecule has 0 atom stereocenters. The highest BCUT2D eigenvalue weighted by Crippen LogP contribution is 1.96. The molecule has 4 nitrogen and oxygen atoms in total. The third kappa shape index (κ3) is 8.04. The number of rotatable bonds is 6. The van der Waals surface area contributed by atoms with Gasteiger partial charge in [-0.1, -0.05) is 42.1 Å². The van der Waals surface area contributed by atoms with Gasteiger partial charge < -0.3 is 5.32 Å². The van der Waals surface area contributed by atoms with Gasteiger partial charge >= 0.3 is 6.03 Å². The molecule has 0 bridgehead atoms. The van der Waals surface area contributed by atoms with E-state index in [4.69, 9.17) is 0 Å². The van der Waals surface area contributed by atoms with Crippen molar-refractivity contribution in [3.63, 3.8) is 0 Å². The van der Waals surface area contributed by atoms with Crippen LogP contribution in [-0.4, -0.2) is 23.8 Å². The van der Waals surface area contributed by atoms with Crippen molar-refractivity contribution >= 4 is 27.9 Å². The first-order chi connectivity index (χ1) is 6.70. The van der Waals surface area contributed by atoms with E-state index in [2.05, 4.69) is 33.5 Å². The second-order valence-electron chi connectivity index (χ2n) is 3.00. The smallest absolute Gasteiger partial charge is 0.321 e. The second-order valence-corrected chi connectivity index (χ2v) is 3.56. The van der Waals surface area contributed by atoms with Crippen molar-refractivity contribution in [3.05, 3.63) is 0 Å². The average Bonchev–Trinajstić information content (AvgIpc) is 2.17. The average molecular weight is 265 g/mol. The number of urea groups is 1. The van der Waals surface area contributed by atoms with Crippen LogP contribution >= 0.6 is 15.9 Å². The second kappa shape index (κ2) is 8.99. The molecule has 0 radical (unpaired) electrons. The molecule has 0 saturated heterocycles. The van der Waals surface area contributed by atoms with Crippen LogP contribution in [0.25, 0.3) is 0 Å². The Morgan fingerprint density at radius 1 is 1.21 bits per heavy atom. The Bertz CT molecular complexity index is 186. The lowest BCUT2D eigenvalue weighted by molar-refractivity contribution is -0.117. The number of carbonyl (C=O) groups excluding carboxylic acids is 2. The third-order valence-electron chi connectivity index (χ3n) is 1.69. The molecule has 0 aromatic carbocycles. The van der Waals surface area contributed by atoms with Crippen LogP contribution in [0.1, 0.15) is 32.6 Å². The Balaban J connectivity index is 3.31. The molecule has 0 aliphatic heterocycles. The van der Waals surface area contributed by atoms with Crippen molar-refractivity contribution in [1.82, 2.24) is 10.6 Å². The van der Waals surface area contributed by atoms with Crippen LogP contribution in [0.4, 0.5) is 4.79 Å². The van der Waals surface area contributed by atoms with Gasteiger partial charge in [0.2, 0.25) is 5.91 Å². The molecule has 0 heterocycles. The minimum absolute atomic E-state index is 0.149. The summed E-state index contributed by atoms with van der Waals surface area (Å²) in [5.41, 5.74) is 0. The van der Waals surface area contributed by atoms with Gasteiger partial charge in [-0.2, -0.15) is 0 Å². The first kappa shape index (κ1) is 13.4. The van der Waals surface area contributed by atoms with Crippen molar-refractivity contribution in [1.29, 1.82) is 0 Å². The molecule has 0 saturated carbocycles. The minimum Gasteiger partial charge on any atom is -0.338 e. The number of amides is 3. The highest BCUT2D eigenvalue weighted by atomic mass is 79.9. The van der Waals surface area contributed by atoms with Crippen LogP contribution in [0.3, 0.4) is 0 Å². The lowest BCUT2D eigenvalue weighted by atomic mass is 10.2. The number of halogens is 1. The summed E-state index contributed by atoms with van der Waals surface area (Å²) in [5.74, 6) is -0.323. The molecule has 5 heteroatoms. The summed E-state index contributed by atoms with van der Waals surface area (Å²) < 4.78 is 0. The molecular formula is C9H17BrN2O2. The van der Waals surface area contributed by atoms with Gasteiger partial charge in [0, 0.05) is 6.54 Å². The predicted molar refractivity (Wildman–Crippen MR) is 59.5 cm³/mol. The normalized spacial score (nSPS) is 9.57. The standard InChI is InChI=1S/C9H17BrN2O2/c1-2-3-4-5-6-11-9(14)12-8(13)7-10/h2-7H2,1H3,(H2,11,12,13,14). The number of hydrogen-bond acceptors (Lipinski definition) is 2. The quantitative estimate of drug-likeness (QED) is 0.568. The topological polar surface area (TPSA) is 58.2 Å². The third-order valence-corrected chi connectivity index (χ3v) is 2.20. The van der Waals surface area contributed by atoms with Gasteiger partial charge in [-0.25, -0.2) is 4.79 Å². The van der Waals surface area contributed by atoms with Gasteiger partial charge in [0.25, 0.3) is 0 Å². The van der Waals surface area contributed by atoms with Crippen LogP contribution < -0.4 is 10.6 Å². The van der Waals surface area contributed by atoms with E-state index in [9.17, 15) is 9.59 Å². The van der Waals surface area contributed by atoms with E-state index >= 15 is 0 Å². The van der Waals surface area contributed by atoms with Crippen molar-refractivity contribution in [2.45, 2.75) is 32.6 Å². The molecule has 0 spiro atoms. The molecule has 0 aromatic rings. The molecule has 0 aromatic heterocycles. The summed E-state index contributed by atoms with van der Waals surface area (Å²) in [7, 11) is 0. The van der Waals surface area contributed by atoms with Crippen LogP contribution in [0.15, 0.2) is 0 Å². The lowest BCUT2D eigenvalue weighted by Gasteiger charge is -2.04. The fourth-order valence-electron chi connectivity index (χ4n) is 0.958. The zero-order valence-corrected chi connectivity index (χ0v) is 10.0. The molecule has 0 unspecified atom stereocenters. The van der Waals surface area contributed by atoms with E-state index in [0.29, 0.717) is 6.54 Å². The molecule has 0 fully saturated rings. The van der Waals surface area contributed by atoms with E-state index in [-0.39, 0.29) is 11.2 Å². The summed E-state index contributed by atoms with van der Waals surface area (Å²) in [4.78, 5) is 21.7. The Morgan fingerprint density at radius 3 is 2.50 bits per heavy atom. The van der Waals surface area contributed by atoms with Gasteiger partial charge in [-0.3, -0.25) is 10.1 Å². The molecular weight excluding hydrogens is 248 g/mol. The molecule has 82 valence electrons. The van der Waals surface area contributed by atoms with Crippen LogP contribution in [0.5, 0.6) is 0 Å². The monoisotopic (exact) mass is 264 g/mol. The van der Waals surface area contributed by atoms with Gasteiger partial charge in [0.15, 0.2) is 0 Å². The SMILES string of the molecule is CCCCCCNC(=O)NC(=O)CBr. The number of imide groups is 1.